The van der Waals surface area contributed by atoms with Gasteiger partial charge in [-0.25, -0.2) is 0 Å². The highest BCUT2D eigenvalue weighted by molar-refractivity contribution is 6.74. The number of anilines is 1. The van der Waals surface area contributed by atoms with Crippen molar-refractivity contribution in [1.29, 1.82) is 0 Å². The maximum absolute atomic E-state index is 7.40. The van der Waals surface area contributed by atoms with Crippen molar-refractivity contribution in [2.24, 2.45) is 6.98 Å². The van der Waals surface area contributed by atoms with Crippen LogP contribution in [-0.4, -0.2) is 18.1 Å². The fraction of sp³-hybridized carbons (Fsp3) is 0.438. The van der Waals surface area contributed by atoms with E-state index in [1.165, 1.54) is 6.20 Å². The third kappa shape index (κ3) is 3.29. The lowest BCUT2D eigenvalue weighted by molar-refractivity contribution is 0.492. The zero-order chi connectivity index (χ0) is 18.3. The average molecular weight is 307 g/mol. The zero-order valence-electron chi connectivity index (χ0n) is 16.3. The van der Waals surface area contributed by atoms with Crippen LogP contribution in [0.3, 0.4) is 0 Å². The molecule has 4 nitrogen and oxygen atoms in total. The van der Waals surface area contributed by atoms with E-state index in [9.17, 15) is 0 Å². The van der Waals surface area contributed by atoms with Gasteiger partial charge in [0.05, 0.1) is 5.69 Å². The highest BCUT2D eigenvalue weighted by Gasteiger charge is 2.38. The summed E-state index contributed by atoms with van der Waals surface area (Å²) in [4.78, 5) is 0. The van der Waals surface area contributed by atoms with Crippen LogP contribution in [0.2, 0.25) is 18.1 Å². The van der Waals surface area contributed by atoms with Crippen LogP contribution in [-0.2, 0) is 6.98 Å². The normalized spacial score (nSPS) is 15.2. The van der Waals surface area contributed by atoms with Gasteiger partial charge in [-0.15, -0.1) is 0 Å². The van der Waals surface area contributed by atoms with E-state index in [4.69, 9.17) is 14.3 Å². The Morgan fingerprint density at radius 2 is 1.86 bits per heavy atom. The van der Waals surface area contributed by atoms with Crippen LogP contribution in [0.5, 0.6) is 5.75 Å². The Balaban J connectivity index is 2.26. The SMILES string of the molecule is [2H]C([2H])([2H])n1cc(N)c(-c2ccc(O[Si](C)(C)C(C)(C)C)cc2)n1. The molecule has 2 rings (SSSR count). The predicted octanol–water partition coefficient (Wildman–Crippen LogP) is 4.05. The second-order valence-corrected chi connectivity index (χ2v) is 11.5. The van der Waals surface area contributed by atoms with Crippen molar-refractivity contribution in [2.75, 3.05) is 5.73 Å². The van der Waals surface area contributed by atoms with Crippen molar-refractivity contribution < 1.29 is 8.54 Å². The Bertz CT molecular complexity index is 716. The van der Waals surface area contributed by atoms with E-state index in [0.29, 0.717) is 11.4 Å². The van der Waals surface area contributed by atoms with Crippen molar-refractivity contribution in [3.05, 3.63) is 30.5 Å². The van der Waals surface area contributed by atoms with E-state index in [-0.39, 0.29) is 5.04 Å². The molecule has 0 fully saturated rings. The van der Waals surface area contributed by atoms with E-state index >= 15 is 0 Å². The minimum absolute atomic E-state index is 0.120. The lowest BCUT2D eigenvalue weighted by Crippen LogP contribution is -2.43. The van der Waals surface area contributed by atoms with Gasteiger partial charge in [0.1, 0.15) is 11.4 Å². The number of aryl methyl sites for hydroxylation is 1. The lowest BCUT2D eigenvalue weighted by Gasteiger charge is -2.36. The summed E-state index contributed by atoms with van der Waals surface area (Å²) < 4.78 is 29.4. The number of hydrogen-bond acceptors (Lipinski definition) is 3. The number of benzene rings is 1. The van der Waals surface area contributed by atoms with E-state index in [0.717, 1.165) is 16.0 Å². The fourth-order valence-electron chi connectivity index (χ4n) is 1.74. The van der Waals surface area contributed by atoms with Crippen LogP contribution in [0.1, 0.15) is 24.9 Å². The quantitative estimate of drug-likeness (QED) is 0.870. The van der Waals surface area contributed by atoms with Gasteiger partial charge in [0.15, 0.2) is 0 Å². The number of nitrogens with zero attached hydrogens (tertiary/aromatic N) is 2. The van der Waals surface area contributed by atoms with Crippen molar-refractivity contribution in [2.45, 2.75) is 38.9 Å². The molecule has 0 saturated heterocycles. The third-order valence-corrected chi connectivity index (χ3v) is 8.41. The van der Waals surface area contributed by atoms with E-state index in [2.05, 4.69) is 39.0 Å². The molecule has 2 aromatic rings. The summed E-state index contributed by atoms with van der Waals surface area (Å²) >= 11 is 0. The summed E-state index contributed by atoms with van der Waals surface area (Å²) in [5.74, 6) is 0.805. The number of nitrogen functional groups attached to an aromatic ring is 1. The van der Waals surface area contributed by atoms with Gasteiger partial charge in [0, 0.05) is 22.8 Å². The zero-order valence-corrected chi connectivity index (χ0v) is 14.3. The second-order valence-electron chi connectivity index (χ2n) is 6.76. The van der Waals surface area contributed by atoms with Crippen LogP contribution < -0.4 is 10.2 Å². The molecule has 0 unspecified atom stereocenters. The Morgan fingerprint density at radius 1 is 1.24 bits per heavy atom. The number of nitrogens with two attached hydrogens (primary N) is 1. The number of rotatable bonds is 3. The van der Waals surface area contributed by atoms with E-state index in [1.807, 2.05) is 24.3 Å². The molecule has 1 heterocycles. The van der Waals surface area contributed by atoms with Crippen LogP contribution in [0.25, 0.3) is 11.3 Å². The van der Waals surface area contributed by atoms with Gasteiger partial charge >= 0.3 is 0 Å². The molecular weight excluding hydrogens is 278 g/mol. The molecule has 0 aliphatic heterocycles. The van der Waals surface area contributed by atoms with Gasteiger partial charge in [0.25, 0.3) is 0 Å². The lowest BCUT2D eigenvalue weighted by atomic mass is 10.1. The maximum Gasteiger partial charge on any atom is 0.250 e. The fourth-order valence-corrected chi connectivity index (χ4v) is 2.77. The third-order valence-electron chi connectivity index (χ3n) is 4.05. The van der Waals surface area contributed by atoms with Crippen LogP contribution in [0, 0.1) is 0 Å². The summed E-state index contributed by atoms with van der Waals surface area (Å²) in [6.07, 6.45) is 1.34. The monoisotopic (exact) mass is 306 g/mol. The Morgan fingerprint density at radius 3 is 2.33 bits per heavy atom. The summed E-state index contributed by atoms with van der Waals surface area (Å²) in [6, 6.07) is 7.46. The maximum atomic E-state index is 7.40. The molecule has 0 bridgehead atoms. The topological polar surface area (TPSA) is 53.1 Å². The smallest absolute Gasteiger partial charge is 0.250 e. The Labute approximate surface area is 132 Å². The van der Waals surface area contributed by atoms with Crippen molar-refractivity contribution in [1.82, 2.24) is 9.78 Å². The first-order valence-electron chi connectivity index (χ1n) is 8.46. The van der Waals surface area contributed by atoms with Crippen molar-refractivity contribution in [3.8, 4) is 17.0 Å². The molecule has 1 aromatic heterocycles. The van der Waals surface area contributed by atoms with Crippen LogP contribution in [0.15, 0.2) is 30.5 Å². The molecular formula is C16H25N3OSi. The van der Waals surface area contributed by atoms with Crippen molar-refractivity contribution in [3.63, 3.8) is 0 Å². The summed E-state index contributed by atoms with van der Waals surface area (Å²) in [5.41, 5.74) is 7.47. The first kappa shape index (κ1) is 11.9. The largest absolute Gasteiger partial charge is 0.544 e. The minimum Gasteiger partial charge on any atom is -0.544 e. The first-order valence-corrected chi connectivity index (χ1v) is 9.87. The van der Waals surface area contributed by atoms with Gasteiger partial charge in [0.2, 0.25) is 8.32 Å². The van der Waals surface area contributed by atoms with Crippen molar-refractivity contribution >= 4 is 14.0 Å². The molecule has 0 amide bonds. The molecule has 0 aliphatic rings. The van der Waals surface area contributed by atoms with E-state index in [1.54, 1.807) is 0 Å². The van der Waals surface area contributed by atoms with Gasteiger partial charge < -0.3 is 10.2 Å². The second kappa shape index (κ2) is 5.22. The van der Waals surface area contributed by atoms with Gasteiger partial charge in [-0.1, -0.05) is 20.8 Å². The highest BCUT2D eigenvalue weighted by atomic mass is 28.4. The molecule has 0 saturated carbocycles. The standard InChI is InChI=1S/C16H25N3OSi/c1-16(2,3)21(5,6)20-13-9-7-12(8-10-13)15-14(17)11-19(4)18-15/h7-11H,17H2,1-6H3/i4D3. The van der Waals surface area contributed by atoms with Gasteiger partial charge in [-0.05, 0) is 42.4 Å². The van der Waals surface area contributed by atoms with Gasteiger partial charge in [-0.3, -0.25) is 4.68 Å². The summed E-state index contributed by atoms with van der Waals surface area (Å²) in [7, 11) is -1.89. The number of hydrogen-bond donors (Lipinski definition) is 1. The first-order chi connectivity index (χ1) is 10.8. The molecule has 1 aromatic carbocycles. The minimum atomic E-state index is -2.34. The predicted molar refractivity (Wildman–Crippen MR) is 90.9 cm³/mol. The molecule has 0 aliphatic carbocycles. The van der Waals surface area contributed by atoms with Crippen LogP contribution >= 0.6 is 0 Å². The molecule has 114 valence electrons. The van der Waals surface area contributed by atoms with E-state index < -0.39 is 15.3 Å². The van der Waals surface area contributed by atoms with Gasteiger partial charge in [-0.2, -0.15) is 5.10 Å². The molecule has 2 N–H and O–H groups in total. The Hall–Kier alpha value is -1.75. The van der Waals surface area contributed by atoms with Crippen LogP contribution in [0.4, 0.5) is 5.69 Å². The Kier molecular flexibility index (Phi) is 2.95. The molecule has 0 atom stereocenters. The summed E-state index contributed by atoms with van der Waals surface area (Å²) in [6.45, 7) is 8.62. The molecule has 5 heteroatoms. The molecule has 21 heavy (non-hydrogen) atoms. The average Bonchev–Trinajstić information content (AvgIpc) is 2.80. The molecule has 0 spiro atoms. The number of aromatic nitrogens is 2. The highest BCUT2D eigenvalue weighted by Crippen LogP contribution is 2.37. The summed E-state index contributed by atoms with van der Waals surface area (Å²) in [5, 5.41) is 4.21. The molecule has 0 radical (unpaired) electrons.